The maximum absolute atomic E-state index is 11.2. The van der Waals surface area contributed by atoms with Crippen LogP contribution in [0, 0.1) is 3.57 Å². The molecule has 0 unspecified atom stereocenters. The Labute approximate surface area is 114 Å². The standard InChI is InChI=1S/C12H11IO3S/c1-2-8-6-11(17(14,15)16)7-9-5-10(13)3-4-12(8)9/h3-7H,2H2,1H3,(H,14,15,16). The maximum atomic E-state index is 11.2. The summed E-state index contributed by atoms with van der Waals surface area (Å²) in [7, 11) is -4.14. The molecule has 90 valence electrons. The van der Waals surface area contributed by atoms with Gasteiger partial charge in [0.25, 0.3) is 10.1 Å². The van der Waals surface area contributed by atoms with Gasteiger partial charge in [-0.1, -0.05) is 13.0 Å². The van der Waals surface area contributed by atoms with E-state index in [-0.39, 0.29) is 4.90 Å². The third-order valence-electron chi connectivity index (χ3n) is 2.65. The second-order valence-corrected chi connectivity index (χ2v) is 6.44. The molecule has 3 nitrogen and oxygen atoms in total. The summed E-state index contributed by atoms with van der Waals surface area (Å²) >= 11 is 2.17. The Morgan fingerprint density at radius 2 is 1.94 bits per heavy atom. The van der Waals surface area contributed by atoms with Crippen molar-refractivity contribution in [3.63, 3.8) is 0 Å². The minimum absolute atomic E-state index is 0.0381. The quantitative estimate of drug-likeness (QED) is 0.659. The third kappa shape index (κ3) is 2.61. The Morgan fingerprint density at radius 1 is 1.24 bits per heavy atom. The van der Waals surface area contributed by atoms with E-state index in [0.717, 1.165) is 26.3 Å². The fourth-order valence-corrected chi connectivity index (χ4v) is 2.91. The van der Waals surface area contributed by atoms with Crippen LogP contribution in [0.4, 0.5) is 0 Å². The minimum Gasteiger partial charge on any atom is -0.282 e. The van der Waals surface area contributed by atoms with Crippen LogP contribution in [-0.2, 0) is 16.5 Å². The van der Waals surface area contributed by atoms with Gasteiger partial charge in [0.15, 0.2) is 0 Å². The lowest BCUT2D eigenvalue weighted by Gasteiger charge is -2.07. The largest absolute Gasteiger partial charge is 0.294 e. The summed E-state index contributed by atoms with van der Waals surface area (Å²) in [5.41, 5.74) is 0.923. The molecular formula is C12H11IO3S. The Bertz CT molecular complexity index is 677. The molecule has 2 aromatic carbocycles. The van der Waals surface area contributed by atoms with E-state index in [9.17, 15) is 8.42 Å². The maximum Gasteiger partial charge on any atom is 0.294 e. The van der Waals surface area contributed by atoms with E-state index in [2.05, 4.69) is 22.6 Å². The van der Waals surface area contributed by atoms with Crippen LogP contribution in [0.25, 0.3) is 10.8 Å². The van der Waals surface area contributed by atoms with Gasteiger partial charge in [-0.15, -0.1) is 0 Å². The number of halogens is 1. The molecular weight excluding hydrogens is 351 g/mol. The summed E-state index contributed by atoms with van der Waals surface area (Å²) in [4.78, 5) is -0.0381. The highest BCUT2D eigenvalue weighted by molar-refractivity contribution is 14.1. The summed E-state index contributed by atoms with van der Waals surface area (Å²) in [6, 6.07) is 8.90. The van der Waals surface area contributed by atoms with Gasteiger partial charge in [0.2, 0.25) is 0 Å². The molecule has 0 radical (unpaired) electrons. The van der Waals surface area contributed by atoms with Crippen LogP contribution in [0.15, 0.2) is 35.2 Å². The average molecular weight is 362 g/mol. The molecule has 0 saturated heterocycles. The molecule has 0 bridgehead atoms. The number of benzene rings is 2. The zero-order valence-electron chi connectivity index (χ0n) is 9.14. The van der Waals surface area contributed by atoms with Gasteiger partial charge in [0, 0.05) is 3.57 Å². The first-order valence-corrected chi connectivity index (χ1v) is 7.63. The van der Waals surface area contributed by atoms with Crippen molar-refractivity contribution in [2.75, 3.05) is 0 Å². The molecule has 0 aliphatic rings. The average Bonchev–Trinajstić information content (AvgIpc) is 2.25. The molecule has 0 saturated carbocycles. The molecule has 1 N–H and O–H groups in total. The number of aryl methyl sites for hydroxylation is 1. The zero-order chi connectivity index (χ0) is 12.6. The Balaban J connectivity index is 2.85. The lowest BCUT2D eigenvalue weighted by molar-refractivity contribution is 0.483. The fourth-order valence-electron chi connectivity index (χ4n) is 1.83. The highest BCUT2D eigenvalue weighted by atomic mass is 127. The summed E-state index contributed by atoms with van der Waals surface area (Å²) < 4.78 is 32.5. The molecule has 5 heteroatoms. The van der Waals surface area contributed by atoms with Crippen LogP contribution < -0.4 is 0 Å². The van der Waals surface area contributed by atoms with Crippen LogP contribution in [-0.4, -0.2) is 13.0 Å². The first-order valence-electron chi connectivity index (χ1n) is 5.11. The van der Waals surface area contributed by atoms with E-state index in [0.29, 0.717) is 0 Å². The van der Waals surface area contributed by atoms with Gasteiger partial charge >= 0.3 is 0 Å². The van der Waals surface area contributed by atoms with Gasteiger partial charge in [-0.2, -0.15) is 8.42 Å². The molecule has 0 spiro atoms. The summed E-state index contributed by atoms with van der Waals surface area (Å²) in [5.74, 6) is 0. The predicted molar refractivity (Wildman–Crippen MR) is 75.9 cm³/mol. The van der Waals surface area contributed by atoms with E-state index >= 15 is 0 Å². The van der Waals surface area contributed by atoms with Gasteiger partial charge in [-0.3, -0.25) is 4.55 Å². The normalized spacial score (nSPS) is 11.9. The minimum atomic E-state index is -4.14. The summed E-state index contributed by atoms with van der Waals surface area (Å²) in [6.45, 7) is 1.96. The van der Waals surface area contributed by atoms with Crippen molar-refractivity contribution in [3.05, 3.63) is 39.5 Å². The second-order valence-electron chi connectivity index (χ2n) is 3.78. The molecule has 17 heavy (non-hydrogen) atoms. The second kappa shape index (κ2) is 4.55. The first kappa shape index (κ1) is 12.8. The Kier molecular flexibility index (Phi) is 3.42. The van der Waals surface area contributed by atoms with Crippen molar-refractivity contribution in [1.82, 2.24) is 0 Å². The molecule has 0 aromatic heterocycles. The van der Waals surface area contributed by atoms with Crippen molar-refractivity contribution < 1.29 is 13.0 Å². The van der Waals surface area contributed by atoms with E-state index in [4.69, 9.17) is 4.55 Å². The highest BCUT2D eigenvalue weighted by Crippen LogP contribution is 2.25. The van der Waals surface area contributed by atoms with Crippen molar-refractivity contribution in [2.24, 2.45) is 0 Å². The van der Waals surface area contributed by atoms with Gasteiger partial charge in [0.1, 0.15) is 0 Å². The monoisotopic (exact) mass is 362 g/mol. The van der Waals surface area contributed by atoms with E-state index < -0.39 is 10.1 Å². The lowest BCUT2D eigenvalue weighted by atomic mass is 10.0. The van der Waals surface area contributed by atoms with E-state index in [1.807, 2.05) is 25.1 Å². The van der Waals surface area contributed by atoms with Crippen molar-refractivity contribution in [2.45, 2.75) is 18.2 Å². The molecule has 2 rings (SSSR count). The van der Waals surface area contributed by atoms with Gasteiger partial charge in [-0.25, -0.2) is 0 Å². The van der Waals surface area contributed by atoms with Crippen molar-refractivity contribution in [3.8, 4) is 0 Å². The molecule has 0 heterocycles. The number of fused-ring (bicyclic) bond motifs is 1. The Morgan fingerprint density at radius 3 is 2.53 bits per heavy atom. The van der Waals surface area contributed by atoms with Crippen LogP contribution >= 0.6 is 22.6 Å². The highest BCUT2D eigenvalue weighted by Gasteiger charge is 2.12. The van der Waals surface area contributed by atoms with Crippen molar-refractivity contribution in [1.29, 1.82) is 0 Å². The molecule has 0 amide bonds. The first-order chi connectivity index (χ1) is 7.91. The van der Waals surface area contributed by atoms with Crippen molar-refractivity contribution >= 4 is 43.5 Å². The van der Waals surface area contributed by atoms with Crippen LogP contribution in [0.5, 0.6) is 0 Å². The number of hydrogen-bond donors (Lipinski definition) is 1. The smallest absolute Gasteiger partial charge is 0.282 e. The van der Waals surface area contributed by atoms with Crippen LogP contribution in [0.3, 0.4) is 0 Å². The van der Waals surface area contributed by atoms with E-state index in [1.54, 1.807) is 0 Å². The molecule has 2 aromatic rings. The SMILES string of the molecule is CCc1cc(S(=O)(=O)O)cc2cc(I)ccc12. The van der Waals surface area contributed by atoms with Gasteiger partial charge in [-0.05, 0) is 69.6 Å². The zero-order valence-corrected chi connectivity index (χ0v) is 12.1. The van der Waals surface area contributed by atoms with Crippen LogP contribution in [0.1, 0.15) is 12.5 Å². The van der Waals surface area contributed by atoms with Gasteiger partial charge in [0.05, 0.1) is 4.90 Å². The fraction of sp³-hybridized carbons (Fsp3) is 0.167. The number of rotatable bonds is 2. The lowest BCUT2D eigenvalue weighted by Crippen LogP contribution is -1.99. The molecule has 0 aliphatic heterocycles. The summed E-state index contributed by atoms with van der Waals surface area (Å²) in [6.07, 6.45) is 0.723. The summed E-state index contributed by atoms with van der Waals surface area (Å²) in [5, 5.41) is 1.86. The predicted octanol–water partition coefficient (Wildman–Crippen LogP) is 3.25. The van der Waals surface area contributed by atoms with Crippen LogP contribution in [0.2, 0.25) is 0 Å². The molecule has 0 aliphatic carbocycles. The Hall–Kier alpha value is -0.660. The third-order valence-corrected chi connectivity index (χ3v) is 4.15. The molecule has 0 atom stereocenters. The van der Waals surface area contributed by atoms with E-state index in [1.165, 1.54) is 12.1 Å². The number of hydrogen-bond acceptors (Lipinski definition) is 2. The molecule has 0 fully saturated rings. The topological polar surface area (TPSA) is 54.4 Å². The van der Waals surface area contributed by atoms with Gasteiger partial charge < -0.3 is 0 Å².